The van der Waals surface area contributed by atoms with Crippen LogP contribution >= 0.6 is 11.6 Å². The highest BCUT2D eigenvalue weighted by Crippen LogP contribution is 2.40. The fraction of sp³-hybridized carbons (Fsp3) is 0.167. The molecule has 0 aliphatic carbocycles. The zero-order valence-electron chi connectivity index (χ0n) is 13.5. The summed E-state index contributed by atoms with van der Waals surface area (Å²) in [6.45, 7) is 0. The molecule has 0 bridgehead atoms. The summed E-state index contributed by atoms with van der Waals surface area (Å²) in [5.74, 6) is -5.43. The summed E-state index contributed by atoms with van der Waals surface area (Å²) in [5, 5.41) is -0.451. The Morgan fingerprint density at radius 2 is 1.64 bits per heavy atom. The van der Waals surface area contributed by atoms with Crippen molar-refractivity contribution in [2.45, 2.75) is 18.3 Å². The van der Waals surface area contributed by atoms with Crippen LogP contribution in [0.1, 0.15) is 33.0 Å². The van der Waals surface area contributed by atoms with E-state index in [-0.39, 0.29) is 18.4 Å². The Morgan fingerprint density at radius 3 is 2.14 bits per heavy atom. The zero-order valence-corrected chi connectivity index (χ0v) is 14.3. The number of allylic oxidation sites excluding steroid dienone is 1. The number of carbonyl (C=O) groups excluding carboxylic acids is 1. The average Bonchev–Trinajstić information content (AvgIpc) is 2.59. The second kappa shape index (κ2) is 7.90. The summed E-state index contributed by atoms with van der Waals surface area (Å²) in [5.41, 5.74) is -3.80. The second-order valence-corrected chi connectivity index (χ2v) is 6.03. The van der Waals surface area contributed by atoms with Crippen molar-refractivity contribution in [3.63, 3.8) is 0 Å². The Bertz CT molecular complexity index is 915. The van der Waals surface area contributed by atoms with Crippen molar-refractivity contribution in [3.8, 4) is 0 Å². The van der Waals surface area contributed by atoms with Gasteiger partial charge in [0.1, 0.15) is 17.6 Å². The predicted molar refractivity (Wildman–Crippen MR) is 86.1 cm³/mol. The van der Waals surface area contributed by atoms with Gasteiger partial charge >= 0.3 is 12.4 Å². The van der Waals surface area contributed by atoms with Gasteiger partial charge in [-0.15, -0.1) is 0 Å². The van der Waals surface area contributed by atoms with E-state index in [4.69, 9.17) is 11.6 Å². The van der Waals surface area contributed by atoms with Gasteiger partial charge in [0.15, 0.2) is 6.29 Å². The molecular weight excluding hydrogens is 420 g/mol. The Hall–Kier alpha value is -2.42. The molecule has 0 N–H and O–H groups in total. The lowest BCUT2D eigenvalue weighted by Crippen LogP contribution is -2.19. The van der Waals surface area contributed by atoms with E-state index in [1.807, 2.05) is 0 Å². The summed E-state index contributed by atoms with van der Waals surface area (Å²) < 4.78 is 107. The molecule has 1 nitrogen and oxygen atoms in total. The molecule has 1 atom stereocenters. The number of halogens is 9. The van der Waals surface area contributed by atoms with E-state index in [1.165, 1.54) is 0 Å². The van der Waals surface area contributed by atoms with Crippen molar-refractivity contribution in [1.82, 2.24) is 0 Å². The van der Waals surface area contributed by atoms with Gasteiger partial charge in [-0.25, -0.2) is 8.78 Å². The lowest BCUT2D eigenvalue weighted by Gasteiger charge is -2.18. The molecule has 0 aromatic heterocycles. The van der Waals surface area contributed by atoms with Gasteiger partial charge < -0.3 is 0 Å². The van der Waals surface area contributed by atoms with Crippen LogP contribution in [0.2, 0.25) is 5.02 Å². The fourth-order valence-corrected chi connectivity index (χ4v) is 2.50. The van der Waals surface area contributed by atoms with Crippen LogP contribution in [-0.2, 0) is 6.18 Å². The van der Waals surface area contributed by atoms with Gasteiger partial charge in [-0.1, -0.05) is 29.8 Å². The van der Waals surface area contributed by atoms with Gasteiger partial charge in [-0.2, -0.15) is 26.3 Å². The number of aldehydes is 1. The Balaban J connectivity index is 2.56. The third kappa shape index (κ3) is 4.89. The lowest BCUT2D eigenvalue weighted by atomic mass is 9.95. The van der Waals surface area contributed by atoms with E-state index in [0.29, 0.717) is 12.1 Å². The fourth-order valence-electron chi connectivity index (χ4n) is 2.38. The number of rotatable bonds is 4. The molecule has 2 rings (SSSR count). The minimum atomic E-state index is -5.06. The van der Waals surface area contributed by atoms with Crippen molar-refractivity contribution in [1.29, 1.82) is 0 Å². The number of benzene rings is 2. The van der Waals surface area contributed by atoms with Crippen LogP contribution in [0.3, 0.4) is 0 Å². The molecule has 0 amide bonds. The maximum absolute atomic E-state index is 14.4. The van der Waals surface area contributed by atoms with E-state index in [0.717, 1.165) is 18.2 Å². The largest absolute Gasteiger partial charge is 0.417 e. The molecule has 150 valence electrons. The first kappa shape index (κ1) is 21.9. The molecule has 0 fully saturated rings. The maximum atomic E-state index is 14.4. The lowest BCUT2D eigenvalue weighted by molar-refractivity contribution is -0.140. The minimum Gasteiger partial charge on any atom is -0.298 e. The van der Waals surface area contributed by atoms with E-state index < -0.39 is 57.2 Å². The molecular formula is C18H9ClF8O. The Labute approximate surface area is 158 Å². The van der Waals surface area contributed by atoms with Crippen molar-refractivity contribution < 1.29 is 39.9 Å². The summed E-state index contributed by atoms with van der Waals surface area (Å²) in [6.07, 6.45) is -10.2. The minimum absolute atomic E-state index is 0.0265. The highest BCUT2D eigenvalue weighted by atomic mass is 35.5. The van der Waals surface area contributed by atoms with Gasteiger partial charge in [-0.3, -0.25) is 4.79 Å². The van der Waals surface area contributed by atoms with E-state index in [9.17, 15) is 39.9 Å². The Morgan fingerprint density at radius 1 is 1.00 bits per heavy atom. The van der Waals surface area contributed by atoms with E-state index in [2.05, 4.69) is 0 Å². The molecule has 0 radical (unpaired) electrons. The highest BCUT2D eigenvalue weighted by molar-refractivity contribution is 6.30. The molecule has 1 unspecified atom stereocenters. The van der Waals surface area contributed by atoms with Gasteiger partial charge in [-0.05, 0) is 29.8 Å². The highest BCUT2D eigenvalue weighted by Gasteiger charge is 2.40. The third-order valence-corrected chi connectivity index (χ3v) is 4.04. The van der Waals surface area contributed by atoms with Gasteiger partial charge in [0.2, 0.25) is 0 Å². The molecule has 0 spiro atoms. The molecule has 0 aliphatic rings. The first-order valence-corrected chi connectivity index (χ1v) is 7.78. The maximum Gasteiger partial charge on any atom is 0.417 e. The third-order valence-electron chi connectivity index (χ3n) is 3.73. The summed E-state index contributed by atoms with van der Waals surface area (Å²) in [7, 11) is 0. The topological polar surface area (TPSA) is 17.1 Å². The van der Waals surface area contributed by atoms with Gasteiger partial charge in [0.25, 0.3) is 0 Å². The van der Waals surface area contributed by atoms with Crippen molar-refractivity contribution in [2.24, 2.45) is 0 Å². The molecule has 2 aromatic carbocycles. The van der Waals surface area contributed by atoms with Crippen LogP contribution < -0.4 is 0 Å². The predicted octanol–water partition coefficient (Wildman–Crippen LogP) is 6.97. The normalized spacial score (nSPS) is 14.1. The van der Waals surface area contributed by atoms with Crippen LogP contribution in [-0.4, -0.2) is 12.5 Å². The number of carbonyl (C=O) groups is 1. The van der Waals surface area contributed by atoms with Crippen molar-refractivity contribution in [3.05, 3.63) is 75.6 Å². The van der Waals surface area contributed by atoms with E-state index >= 15 is 0 Å². The SMILES string of the molecule is O=Cc1ccc(/C(F)=C/C(c2ccc(Cl)c(F)c2)C(F)(F)F)cc1C(F)(F)F. The molecule has 0 saturated carbocycles. The first-order chi connectivity index (χ1) is 12.8. The molecule has 2 aromatic rings. The number of hydrogen-bond donors (Lipinski definition) is 0. The van der Waals surface area contributed by atoms with E-state index in [1.54, 1.807) is 0 Å². The Kier molecular flexibility index (Phi) is 6.18. The van der Waals surface area contributed by atoms with Gasteiger partial charge in [0.05, 0.1) is 10.6 Å². The average molecular weight is 429 g/mol. The van der Waals surface area contributed by atoms with Crippen LogP contribution in [0, 0.1) is 5.82 Å². The zero-order chi connectivity index (χ0) is 21.3. The van der Waals surface area contributed by atoms with Crippen LogP contribution in [0.15, 0.2) is 42.5 Å². The second-order valence-electron chi connectivity index (χ2n) is 5.63. The molecule has 0 saturated heterocycles. The molecule has 10 heteroatoms. The van der Waals surface area contributed by atoms with Gasteiger partial charge in [0, 0.05) is 11.1 Å². The quantitative estimate of drug-likeness (QED) is 0.380. The smallest absolute Gasteiger partial charge is 0.298 e. The van der Waals surface area contributed by atoms with Crippen LogP contribution in [0.5, 0.6) is 0 Å². The molecule has 28 heavy (non-hydrogen) atoms. The summed E-state index contributed by atoms with van der Waals surface area (Å²) >= 11 is 5.41. The number of alkyl halides is 6. The monoisotopic (exact) mass is 428 g/mol. The molecule has 0 aliphatic heterocycles. The summed E-state index contributed by atoms with van der Waals surface area (Å²) in [6, 6.07) is 3.73. The van der Waals surface area contributed by atoms with Crippen LogP contribution in [0.25, 0.3) is 5.83 Å². The van der Waals surface area contributed by atoms with Crippen LogP contribution in [0.4, 0.5) is 35.1 Å². The van der Waals surface area contributed by atoms with Crippen molar-refractivity contribution in [2.75, 3.05) is 0 Å². The standard InChI is InChI=1S/C18H9ClF8O/c19-14-4-3-9(6-16(14)21)13(18(25,26)27)7-15(20)10-1-2-11(8-28)12(5-10)17(22,23)24/h1-8,13H/b15-7-. The first-order valence-electron chi connectivity index (χ1n) is 7.40. The van der Waals surface area contributed by atoms with Crippen molar-refractivity contribution >= 4 is 23.7 Å². The summed E-state index contributed by atoms with van der Waals surface area (Å²) in [4.78, 5) is 10.7. The molecule has 0 heterocycles. The number of hydrogen-bond acceptors (Lipinski definition) is 1.